The van der Waals surface area contributed by atoms with Crippen LogP contribution in [0.1, 0.15) is 17.8 Å². The zero-order chi connectivity index (χ0) is 15.6. The van der Waals surface area contributed by atoms with E-state index in [0.717, 1.165) is 42.4 Å². The zero-order valence-corrected chi connectivity index (χ0v) is 12.9. The third-order valence-corrected chi connectivity index (χ3v) is 4.53. The van der Waals surface area contributed by atoms with Crippen molar-refractivity contribution in [3.8, 4) is 0 Å². The smallest absolute Gasteiger partial charge is 0.124 e. The quantitative estimate of drug-likeness (QED) is 0.806. The molecule has 1 N–H and O–H groups in total. The molecule has 0 saturated heterocycles. The number of imidazole rings is 1. The van der Waals surface area contributed by atoms with Crippen LogP contribution in [0.4, 0.5) is 4.39 Å². The van der Waals surface area contributed by atoms with E-state index in [1.54, 1.807) is 12.3 Å². The second-order valence-electron chi connectivity index (χ2n) is 6.17. The molecule has 4 rings (SSSR count). The van der Waals surface area contributed by atoms with Gasteiger partial charge in [-0.3, -0.25) is 4.98 Å². The van der Waals surface area contributed by atoms with Gasteiger partial charge in [0.2, 0.25) is 0 Å². The Bertz CT molecular complexity index is 827. The first kappa shape index (κ1) is 14.3. The Kier molecular flexibility index (Phi) is 3.79. The summed E-state index contributed by atoms with van der Waals surface area (Å²) in [5.74, 6) is 1.56. The van der Waals surface area contributed by atoms with E-state index in [0.29, 0.717) is 12.5 Å². The van der Waals surface area contributed by atoms with Crippen LogP contribution in [0.5, 0.6) is 0 Å². The molecule has 0 spiro atoms. The number of nitrogens with one attached hydrogen (secondary N) is 1. The third kappa shape index (κ3) is 2.97. The van der Waals surface area contributed by atoms with Crippen molar-refractivity contribution in [3.05, 3.63) is 60.1 Å². The molecule has 118 valence electrons. The number of aryl methyl sites for hydroxylation is 1. The molecule has 3 aromatic rings. The number of nitrogens with zero attached hydrogens (tertiary/aromatic N) is 3. The van der Waals surface area contributed by atoms with Crippen LogP contribution < -0.4 is 5.32 Å². The molecule has 1 atom stereocenters. The Morgan fingerprint density at radius 1 is 1.26 bits per heavy atom. The second kappa shape index (κ2) is 6.08. The summed E-state index contributed by atoms with van der Waals surface area (Å²) in [4.78, 5) is 8.75. The van der Waals surface area contributed by atoms with E-state index in [2.05, 4.69) is 19.9 Å². The van der Waals surface area contributed by atoms with Crippen LogP contribution >= 0.6 is 0 Å². The third-order valence-electron chi connectivity index (χ3n) is 4.53. The minimum Gasteiger partial charge on any atom is -0.335 e. The van der Waals surface area contributed by atoms with Crippen LogP contribution in [-0.4, -0.2) is 21.1 Å². The van der Waals surface area contributed by atoms with Crippen LogP contribution in [0.15, 0.2) is 42.9 Å². The summed E-state index contributed by atoms with van der Waals surface area (Å²) in [6.07, 6.45) is 7.85. The summed E-state index contributed by atoms with van der Waals surface area (Å²) in [5, 5.41) is 4.33. The van der Waals surface area contributed by atoms with Gasteiger partial charge < -0.3 is 9.88 Å². The highest BCUT2D eigenvalue weighted by Crippen LogP contribution is 2.20. The molecule has 0 radical (unpaired) electrons. The van der Waals surface area contributed by atoms with Gasteiger partial charge in [-0.05, 0) is 42.6 Å². The van der Waals surface area contributed by atoms with Crippen molar-refractivity contribution < 1.29 is 4.39 Å². The molecule has 1 unspecified atom stereocenters. The number of hydrogen-bond acceptors (Lipinski definition) is 3. The molecule has 4 nitrogen and oxygen atoms in total. The van der Waals surface area contributed by atoms with Crippen molar-refractivity contribution in [2.75, 3.05) is 6.54 Å². The molecule has 3 heterocycles. The van der Waals surface area contributed by atoms with Gasteiger partial charge in [0.05, 0.1) is 5.52 Å². The van der Waals surface area contributed by atoms with Crippen molar-refractivity contribution >= 4 is 10.9 Å². The average Bonchev–Trinajstić information content (AvgIpc) is 3.02. The maximum atomic E-state index is 13.7. The van der Waals surface area contributed by atoms with Crippen LogP contribution in [-0.2, 0) is 19.5 Å². The molecule has 0 saturated carbocycles. The maximum Gasteiger partial charge on any atom is 0.124 e. The van der Waals surface area contributed by atoms with Crippen molar-refractivity contribution in [3.63, 3.8) is 0 Å². The van der Waals surface area contributed by atoms with Gasteiger partial charge in [0.1, 0.15) is 11.6 Å². The number of halogens is 1. The highest BCUT2D eigenvalue weighted by molar-refractivity contribution is 5.81. The number of pyridine rings is 1. The van der Waals surface area contributed by atoms with E-state index in [-0.39, 0.29) is 5.82 Å². The van der Waals surface area contributed by atoms with Crippen molar-refractivity contribution in [2.45, 2.75) is 25.9 Å². The number of rotatable bonds is 4. The van der Waals surface area contributed by atoms with Crippen LogP contribution in [0, 0.1) is 11.7 Å². The summed E-state index contributed by atoms with van der Waals surface area (Å²) in [5.41, 5.74) is 1.79. The van der Waals surface area contributed by atoms with Gasteiger partial charge in [-0.1, -0.05) is 6.07 Å². The minimum absolute atomic E-state index is 0.206. The van der Waals surface area contributed by atoms with Crippen molar-refractivity contribution in [1.29, 1.82) is 0 Å². The number of aromatic nitrogens is 3. The van der Waals surface area contributed by atoms with Crippen molar-refractivity contribution in [2.24, 2.45) is 5.92 Å². The number of hydrogen-bond donors (Lipinski definition) is 1. The number of fused-ring (bicyclic) bond motifs is 2. The van der Waals surface area contributed by atoms with Gasteiger partial charge in [-0.2, -0.15) is 0 Å². The van der Waals surface area contributed by atoms with Gasteiger partial charge in [0, 0.05) is 43.5 Å². The fourth-order valence-corrected chi connectivity index (χ4v) is 3.38. The normalized spacial score (nSPS) is 17.3. The molecular formula is C18H19FN4. The van der Waals surface area contributed by atoms with E-state index in [9.17, 15) is 4.39 Å². The van der Waals surface area contributed by atoms with E-state index >= 15 is 0 Å². The molecule has 2 aromatic heterocycles. The van der Waals surface area contributed by atoms with Gasteiger partial charge in [-0.15, -0.1) is 0 Å². The van der Waals surface area contributed by atoms with Gasteiger partial charge in [0.15, 0.2) is 0 Å². The summed E-state index contributed by atoms with van der Waals surface area (Å²) in [6, 6.07) is 6.85. The zero-order valence-electron chi connectivity index (χ0n) is 12.9. The highest BCUT2D eigenvalue weighted by atomic mass is 19.1. The molecule has 0 bridgehead atoms. The Hall–Kier alpha value is -2.27. The van der Waals surface area contributed by atoms with Gasteiger partial charge in [-0.25, -0.2) is 9.37 Å². The monoisotopic (exact) mass is 310 g/mol. The Balaban J connectivity index is 1.42. The predicted molar refractivity (Wildman–Crippen MR) is 87.4 cm³/mol. The van der Waals surface area contributed by atoms with Crippen molar-refractivity contribution in [1.82, 2.24) is 19.9 Å². The topological polar surface area (TPSA) is 42.7 Å². The lowest BCUT2D eigenvalue weighted by Gasteiger charge is -2.24. The first-order valence-corrected chi connectivity index (χ1v) is 8.03. The van der Waals surface area contributed by atoms with Crippen LogP contribution in [0.3, 0.4) is 0 Å². The summed E-state index contributed by atoms with van der Waals surface area (Å²) in [6.45, 7) is 2.56. The molecule has 0 aliphatic carbocycles. The Morgan fingerprint density at radius 2 is 2.22 bits per heavy atom. The molecule has 1 aliphatic heterocycles. The largest absolute Gasteiger partial charge is 0.335 e. The average molecular weight is 310 g/mol. The molecular weight excluding hydrogens is 291 g/mol. The van der Waals surface area contributed by atoms with Gasteiger partial charge >= 0.3 is 0 Å². The second-order valence-corrected chi connectivity index (χ2v) is 6.17. The Labute approximate surface area is 134 Å². The summed E-state index contributed by atoms with van der Waals surface area (Å²) >= 11 is 0. The fourth-order valence-electron chi connectivity index (χ4n) is 3.38. The maximum absolute atomic E-state index is 13.7. The van der Waals surface area contributed by atoms with E-state index < -0.39 is 0 Å². The summed E-state index contributed by atoms with van der Waals surface area (Å²) < 4.78 is 16.0. The van der Waals surface area contributed by atoms with E-state index in [1.165, 1.54) is 11.9 Å². The lowest BCUT2D eigenvalue weighted by atomic mass is 9.99. The van der Waals surface area contributed by atoms with E-state index in [1.807, 2.05) is 24.5 Å². The lowest BCUT2D eigenvalue weighted by molar-refractivity contribution is 0.347. The van der Waals surface area contributed by atoms with E-state index in [4.69, 9.17) is 0 Å². The number of benzene rings is 1. The summed E-state index contributed by atoms with van der Waals surface area (Å²) in [7, 11) is 0. The molecule has 1 aliphatic rings. The first-order chi connectivity index (χ1) is 11.3. The minimum atomic E-state index is -0.206. The fraction of sp³-hybridized carbons (Fsp3) is 0.333. The Morgan fingerprint density at radius 3 is 3.17 bits per heavy atom. The molecule has 5 heteroatoms. The molecule has 23 heavy (non-hydrogen) atoms. The molecule has 0 amide bonds. The molecule has 1 aromatic carbocycles. The SMILES string of the molecule is Fc1cc(CNCC2CCc3nccn3C2)c2ncccc2c1. The lowest BCUT2D eigenvalue weighted by Crippen LogP contribution is -2.29. The molecule has 0 fully saturated rings. The standard InChI is InChI=1S/C18H19FN4/c19-16-8-14-2-1-5-22-18(14)15(9-16)11-20-10-13-3-4-17-21-6-7-23(17)12-13/h1-2,5-9,13,20H,3-4,10-12H2. The van der Waals surface area contributed by atoms with Crippen LogP contribution in [0.25, 0.3) is 10.9 Å². The highest BCUT2D eigenvalue weighted by Gasteiger charge is 2.18. The first-order valence-electron chi connectivity index (χ1n) is 8.03. The van der Waals surface area contributed by atoms with Gasteiger partial charge in [0.25, 0.3) is 0 Å². The predicted octanol–water partition coefficient (Wildman–Crippen LogP) is 2.92. The van der Waals surface area contributed by atoms with Crippen LogP contribution in [0.2, 0.25) is 0 Å².